The van der Waals surface area contributed by atoms with Crippen LogP contribution in [0.25, 0.3) is 0 Å². The van der Waals surface area contributed by atoms with Crippen molar-refractivity contribution < 1.29 is 14.7 Å². The molecule has 0 saturated heterocycles. The molecule has 0 atom stereocenters. The molecule has 1 rings (SSSR count). The molecule has 0 aliphatic carbocycles. The van der Waals surface area contributed by atoms with Crippen molar-refractivity contribution in [2.75, 3.05) is 6.54 Å². The number of hydrogen-bond donors (Lipinski definition) is 2. The Hall–Kier alpha value is -2.69. The molecule has 0 saturated carbocycles. The lowest BCUT2D eigenvalue weighted by Gasteiger charge is -2.04. The molecular weight excluding hydrogens is 228 g/mol. The lowest BCUT2D eigenvalue weighted by molar-refractivity contribution is -0.121. The Kier molecular flexibility index (Phi) is 3.94. The van der Waals surface area contributed by atoms with E-state index in [1.165, 1.54) is 0 Å². The maximum Gasteiger partial charge on any atom is 0.356 e. The molecule has 17 heavy (non-hydrogen) atoms. The molecule has 1 aromatic rings. The molecule has 88 valence electrons. The number of nitrogens with one attached hydrogen (secondary N) is 1. The monoisotopic (exact) mass is 236 g/mol. The van der Waals surface area contributed by atoms with Gasteiger partial charge in [-0.15, -0.1) is 0 Å². The maximum atomic E-state index is 11.3. The van der Waals surface area contributed by atoms with Crippen molar-refractivity contribution >= 4 is 11.9 Å². The van der Waals surface area contributed by atoms with Gasteiger partial charge < -0.3 is 10.4 Å². The van der Waals surface area contributed by atoms with Gasteiger partial charge in [0.05, 0.1) is 6.07 Å². The Labute approximate surface area is 95.1 Å². The topological polar surface area (TPSA) is 125 Å². The number of carboxylic acids is 1. The number of nitriles is 1. The van der Waals surface area contributed by atoms with Gasteiger partial charge in [0.15, 0.2) is 5.69 Å². The summed E-state index contributed by atoms with van der Waals surface area (Å²) in [7, 11) is 0. The summed E-state index contributed by atoms with van der Waals surface area (Å²) in [5.41, 5.74) is -0.931. The van der Waals surface area contributed by atoms with Crippen molar-refractivity contribution in [3.8, 4) is 6.07 Å². The van der Waals surface area contributed by atoms with Gasteiger partial charge >= 0.3 is 5.97 Å². The first-order valence-corrected chi connectivity index (χ1v) is 4.49. The fourth-order valence-corrected chi connectivity index (χ4v) is 1.01. The van der Waals surface area contributed by atoms with Gasteiger partial charge in [-0.3, -0.25) is 9.59 Å². The number of nitrogens with zero attached hydrogens (tertiary/aromatic N) is 3. The van der Waals surface area contributed by atoms with Crippen molar-refractivity contribution in [1.29, 1.82) is 5.26 Å². The Morgan fingerprint density at radius 3 is 2.82 bits per heavy atom. The molecule has 2 N–H and O–H groups in total. The zero-order valence-corrected chi connectivity index (χ0v) is 8.58. The third-order valence-electron chi connectivity index (χ3n) is 1.74. The van der Waals surface area contributed by atoms with Crippen LogP contribution >= 0.6 is 0 Å². The molecule has 1 amide bonds. The molecule has 1 aromatic heterocycles. The fraction of sp³-hybridized carbons (Fsp3) is 0.222. The highest BCUT2D eigenvalue weighted by Crippen LogP contribution is 1.89. The number of amides is 1. The average molecular weight is 236 g/mol. The van der Waals surface area contributed by atoms with Gasteiger partial charge in [-0.1, -0.05) is 0 Å². The maximum absolute atomic E-state index is 11.3. The predicted octanol–water partition coefficient (Wildman–Crippen LogP) is -1.42. The van der Waals surface area contributed by atoms with E-state index in [0.29, 0.717) is 0 Å². The minimum Gasteiger partial charge on any atom is -0.476 e. The van der Waals surface area contributed by atoms with E-state index in [0.717, 1.165) is 16.8 Å². The first-order valence-electron chi connectivity index (χ1n) is 4.49. The molecular formula is C9H8N4O4. The Bertz CT molecular complexity index is 543. The van der Waals surface area contributed by atoms with Crippen molar-refractivity contribution in [1.82, 2.24) is 15.1 Å². The largest absolute Gasteiger partial charge is 0.476 e. The van der Waals surface area contributed by atoms with E-state index in [1.54, 1.807) is 6.07 Å². The summed E-state index contributed by atoms with van der Waals surface area (Å²) in [5.74, 6) is -1.89. The number of aromatic carboxylic acids is 1. The molecule has 0 radical (unpaired) electrons. The van der Waals surface area contributed by atoms with Crippen molar-refractivity contribution in [2.24, 2.45) is 0 Å². The third kappa shape index (κ3) is 3.42. The highest BCUT2D eigenvalue weighted by atomic mass is 16.4. The summed E-state index contributed by atoms with van der Waals surface area (Å²) in [4.78, 5) is 33.1. The molecule has 8 nitrogen and oxygen atoms in total. The normalized spacial score (nSPS) is 9.35. The van der Waals surface area contributed by atoms with E-state index in [-0.39, 0.29) is 12.2 Å². The number of aromatic nitrogens is 2. The second kappa shape index (κ2) is 5.41. The first-order chi connectivity index (χ1) is 8.04. The minimum absolute atomic E-state index is 0.188. The third-order valence-corrected chi connectivity index (χ3v) is 1.74. The van der Waals surface area contributed by atoms with E-state index in [4.69, 9.17) is 10.4 Å². The van der Waals surface area contributed by atoms with Gasteiger partial charge in [0.25, 0.3) is 5.56 Å². The molecule has 1 heterocycles. The van der Waals surface area contributed by atoms with Crippen LogP contribution in [-0.4, -0.2) is 33.3 Å². The lowest BCUT2D eigenvalue weighted by atomic mass is 10.4. The van der Waals surface area contributed by atoms with Gasteiger partial charge in [-0.05, 0) is 6.07 Å². The second-order valence-electron chi connectivity index (χ2n) is 2.95. The summed E-state index contributed by atoms with van der Waals surface area (Å²) >= 11 is 0. The molecule has 0 unspecified atom stereocenters. The van der Waals surface area contributed by atoms with Crippen LogP contribution in [0.2, 0.25) is 0 Å². The number of carbonyl (C=O) groups excluding carboxylic acids is 1. The lowest BCUT2D eigenvalue weighted by Crippen LogP contribution is -2.34. The quantitative estimate of drug-likeness (QED) is 0.618. The van der Waals surface area contributed by atoms with E-state index in [2.05, 4.69) is 10.4 Å². The van der Waals surface area contributed by atoms with Gasteiger partial charge in [0.2, 0.25) is 5.91 Å². The van der Waals surface area contributed by atoms with Crippen LogP contribution in [0.15, 0.2) is 16.9 Å². The van der Waals surface area contributed by atoms with Crippen LogP contribution in [0.3, 0.4) is 0 Å². The zero-order valence-electron chi connectivity index (χ0n) is 8.58. The minimum atomic E-state index is -1.30. The molecule has 0 spiro atoms. The van der Waals surface area contributed by atoms with Crippen LogP contribution in [0, 0.1) is 11.3 Å². The summed E-state index contributed by atoms with van der Waals surface area (Å²) < 4.78 is 0.718. The Balaban J connectivity index is 2.87. The Morgan fingerprint density at radius 1 is 1.53 bits per heavy atom. The molecule has 0 bridgehead atoms. The highest BCUT2D eigenvalue weighted by molar-refractivity contribution is 5.85. The standard InChI is InChI=1S/C9H8N4O4/c10-3-4-11-7(14)5-13-8(15)2-1-6(12-13)9(16)17/h1-2H,4-5H2,(H,11,14)(H,16,17). The molecule has 8 heteroatoms. The number of hydrogen-bond acceptors (Lipinski definition) is 5. The van der Waals surface area contributed by atoms with Gasteiger partial charge in [-0.25, -0.2) is 9.48 Å². The van der Waals surface area contributed by atoms with E-state index < -0.39 is 24.0 Å². The molecule has 0 aliphatic heterocycles. The molecule has 0 fully saturated rings. The summed E-state index contributed by atoms with van der Waals surface area (Å²) in [5, 5.41) is 22.6. The van der Waals surface area contributed by atoms with Crippen LogP contribution in [-0.2, 0) is 11.3 Å². The second-order valence-corrected chi connectivity index (χ2v) is 2.95. The number of rotatable bonds is 4. The van der Waals surface area contributed by atoms with Gasteiger partial charge in [-0.2, -0.15) is 10.4 Å². The summed E-state index contributed by atoms with van der Waals surface area (Å²) in [6, 6.07) is 3.75. The molecule has 0 aromatic carbocycles. The van der Waals surface area contributed by atoms with E-state index in [1.807, 2.05) is 0 Å². The van der Waals surface area contributed by atoms with Gasteiger partial charge in [0, 0.05) is 6.07 Å². The SMILES string of the molecule is N#CCNC(=O)Cn1nc(C(=O)O)ccc1=O. The summed E-state index contributed by atoms with van der Waals surface area (Å²) in [6.07, 6.45) is 0. The van der Waals surface area contributed by atoms with Crippen molar-refractivity contribution in [3.63, 3.8) is 0 Å². The van der Waals surface area contributed by atoms with Crippen molar-refractivity contribution in [3.05, 3.63) is 28.2 Å². The van der Waals surface area contributed by atoms with Gasteiger partial charge in [0.1, 0.15) is 13.1 Å². The molecule has 0 aliphatic rings. The van der Waals surface area contributed by atoms with Crippen LogP contribution in [0.4, 0.5) is 0 Å². The highest BCUT2D eigenvalue weighted by Gasteiger charge is 2.09. The van der Waals surface area contributed by atoms with E-state index in [9.17, 15) is 14.4 Å². The fourth-order valence-electron chi connectivity index (χ4n) is 1.01. The van der Waals surface area contributed by atoms with E-state index >= 15 is 0 Å². The van der Waals surface area contributed by atoms with Crippen LogP contribution < -0.4 is 10.9 Å². The first kappa shape index (κ1) is 12.4. The van der Waals surface area contributed by atoms with Crippen LogP contribution in [0.1, 0.15) is 10.5 Å². The number of carboxylic acid groups (broad SMARTS) is 1. The summed E-state index contributed by atoms with van der Waals surface area (Å²) in [6.45, 7) is -0.617. The van der Waals surface area contributed by atoms with Crippen LogP contribution in [0.5, 0.6) is 0 Å². The average Bonchev–Trinajstić information content (AvgIpc) is 2.29. The Morgan fingerprint density at radius 2 is 2.24 bits per heavy atom. The number of carbonyl (C=O) groups is 2. The predicted molar refractivity (Wildman–Crippen MR) is 54.1 cm³/mol. The van der Waals surface area contributed by atoms with Crippen molar-refractivity contribution in [2.45, 2.75) is 6.54 Å². The smallest absolute Gasteiger partial charge is 0.356 e. The zero-order chi connectivity index (χ0) is 12.8.